The number of hydrogen-bond donors (Lipinski definition) is 1. The second-order valence-corrected chi connectivity index (χ2v) is 7.56. The van der Waals surface area contributed by atoms with Gasteiger partial charge in [0.1, 0.15) is 5.82 Å². The molecule has 5 rings (SSSR count). The lowest BCUT2D eigenvalue weighted by Gasteiger charge is -2.15. The Morgan fingerprint density at radius 3 is 2.40 bits per heavy atom. The van der Waals surface area contributed by atoms with Gasteiger partial charge >= 0.3 is 0 Å². The number of nitrogens with zero attached hydrogens (tertiary/aromatic N) is 2. The van der Waals surface area contributed by atoms with Gasteiger partial charge in [0.05, 0.1) is 5.56 Å². The summed E-state index contributed by atoms with van der Waals surface area (Å²) in [5.41, 5.74) is 4.02. The highest BCUT2D eigenvalue weighted by Crippen LogP contribution is 2.35. The number of halogens is 1. The van der Waals surface area contributed by atoms with Crippen molar-refractivity contribution in [3.63, 3.8) is 0 Å². The Bertz CT molecular complexity index is 1390. The molecule has 0 spiro atoms. The van der Waals surface area contributed by atoms with E-state index < -0.39 is 0 Å². The number of pyridine rings is 1. The Morgan fingerprint density at radius 1 is 0.900 bits per heavy atom. The molecule has 0 aliphatic carbocycles. The Morgan fingerprint density at radius 2 is 1.63 bits per heavy atom. The molecule has 0 atom stereocenters. The lowest BCUT2D eigenvalue weighted by atomic mass is 9.95. The van der Waals surface area contributed by atoms with Crippen LogP contribution in [0.4, 0.5) is 0 Å². The molecular weight excluding hydrogens is 394 g/mol. The summed E-state index contributed by atoms with van der Waals surface area (Å²) in [6.45, 7) is 0.622. The van der Waals surface area contributed by atoms with Crippen LogP contribution in [0.15, 0.2) is 96.1 Å². The highest BCUT2D eigenvalue weighted by molar-refractivity contribution is 6.31. The molecule has 0 unspecified atom stereocenters. The fourth-order valence-corrected chi connectivity index (χ4v) is 4.00. The topological polar surface area (TPSA) is 50.7 Å². The molecule has 0 bridgehead atoms. The van der Waals surface area contributed by atoms with Crippen molar-refractivity contribution in [3.8, 4) is 22.5 Å². The molecule has 5 aromatic rings. The van der Waals surface area contributed by atoms with Crippen LogP contribution in [0.25, 0.3) is 33.4 Å². The van der Waals surface area contributed by atoms with Crippen molar-refractivity contribution in [3.05, 3.63) is 112 Å². The fraction of sp³-hybridized carbons (Fsp3) is 0.0400. The molecule has 30 heavy (non-hydrogen) atoms. The summed E-state index contributed by atoms with van der Waals surface area (Å²) in [7, 11) is 0. The first-order chi connectivity index (χ1) is 14.7. The first-order valence-electron chi connectivity index (χ1n) is 9.67. The quantitative estimate of drug-likeness (QED) is 0.408. The third kappa shape index (κ3) is 3.31. The average Bonchev–Trinajstić information content (AvgIpc) is 3.22. The van der Waals surface area contributed by atoms with Crippen molar-refractivity contribution >= 4 is 22.5 Å². The molecule has 4 nitrogen and oxygen atoms in total. The number of fused-ring (bicyclic) bond motifs is 1. The van der Waals surface area contributed by atoms with Crippen LogP contribution in [-0.4, -0.2) is 14.5 Å². The Balaban J connectivity index is 1.80. The molecule has 0 saturated carbocycles. The van der Waals surface area contributed by atoms with Crippen molar-refractivity contribution in [1.29, 1.82) is 0 Å². The summed E-state index contributed by atoms with van der Waals surface area (Å²) in [6, 6.07) is 25.5. The number of H-pyrrole nitrogens is 1. The highest BCUT2D eigenvalue weighted by atomic mass is 35.5. The zero-order valence-electron chi connectivity index (χ0n) is 16.0. The first kappa shape index (κ1) is 18.4. The van der Waals surface area contributed by atoms with Gasteiger partial charge in [-0.1, -0.05) is 72.3 Å². The van der Waals surface area contributed by atoms with E-state index in [1.165, 1.54) is 0 Å². The van der Waals surface area contributed by atoms with Gasteiger partial charge in [-0.05, 0) is 29.3 Å². The van der Waals surface area contributed by atoms with Gasteiger partial charge in [0.2, 0.25) is 0 Å². The SMILES string of the molecule is O=c1[nH]c2ccc(Cl)cc2c(-c2ccccc2)c1-c1nccn1Cc1ccccc1. The van der Waals surface area contributed by atoms with E-state index in [0.29, 0.717) is 23.0 Å². The monoisotopic (exact) mass is 411 g/mol. The molecule has 0 radical (unpaired) electrons. The van der Waals surface area contributed by atoms with E-state index in [0.717, 1.165) is 27.6 Å². The van der Waals surface area contributed by atoms with Gasteiger partial charge in [0.25, 0.3) is 5.56 Å². The number of imidazole rings is 1. The van der Waals surface area contributed by atoms with E-state index in [2.05, 4.69) is 22.1 Å². The van der Waals surface area contributed by atoms with Crippen LogP contribution in [0.5, 0.6) is 0 Å². The zero-order valence-corrected chi connectivity index (χ0v) is 16.8. The van der Waals surface area contributed by atoms with Gasteiger partial charge in [-0.2, -0.15) is 0 Å². The van der Waals surface area contributed by atoms with Crippen LogP contribution in [0.3, 0.4) is 0 Å². The second kappa shape index (κ2) is 7.65. The summed E-state index contributed by atoms with van der Waals surface area (Å²) in [6.07, 6.45) is 3.63. The molecule has 3 aromatic carbocycles. The van der Waals surface area contributed by atoms with E-state index in [9.17, 15) is 4.79 Å². The van der Waals surface area contributed by atoms with E-state index in [1.807, 2.05) is 71.4 Å². The van der Waals surface area contributed by atoms with Gasteiger partial charge in [-0.15, -0.1) is 0 Å². The molecule has 0 amide bonds. The molecule has 0 aliphatic rings. The summed E-state index contributed by atoms with van der Waals surface area (Å²) in [4.78, 5) is 20.8. The van der Waals surface area contributed by atoms with Gasteiger partial charge in [-0.25, -0.2) is 4.98 Å². The van der Waals surface area contributed by atoms with Crippen LogP contribution < -0.4 is 5.56 Å². The molecule has 2 aromatic heterocycles. The second-order valence-electron chi connectivity index (χ2n) is 7.12. The molecule has 2 heterocycles. The molecule has 0 fully saturated rings. The minimum Gasteiger partial charge on any atom is -0.326 e. The van der Waals surface area contributed by atoms with Crippen LogP contribution in [0, 0.1) is 0 Å². The minimum atomic E-state index is -0.177. The van der Waals surface area contributed by atoms with Crippen molar-refractivity contribution in [2.75, 3.05) is 0 Å². The van der Waals surface area contributed by atoms with Crippen molar-refractivity contribution in [2.24, 2.45) is 0 Å². The van der Waals surface area contributed by atoms with Crippen LogP contribution in [-0.2, 0) is 6.54 Å². The largest absolute Gasteiger partial charge is 0.326 e. The van der Waals surface area contributed by atoms with E-state index in [4.69, 9.17) is 11.6 Å². The van der Waals surface area contributed by atoms with Crippen molar-refractivity contribution < 1.29 is 0 Å². The molecular formula is C25H18ClN3O. The number of aromatic amines is 1. The smallest absolute Gasteiger partial charge is 0.260 e. The average molecular weight is 412 g/mol. The lowest BCUT2D eigenvalue weighted by molar-refractivity contribution is 0.806. The molecule has 0 saturated heterocycles. The van der Waals surface area contributed by atoms with Crippen LogP contribution >= 0.6 is 11.6 Å². The number of hydrogen-bond acceptors (Lipinski definition) is 2. The summed E-state index contributed by atoms with van der Waals surface area (Å²) in [5, 5.41) is 1.50. The molecule has 0 aliphatic heterocycles. The third-order valence-corrected chi connectivity index (χ3v) is 5.41. The van der Waals surface area contributed by atoms with Crippen molar-refractivity contribution in [2.45, 2.75) is 6.54 Å². The fourth-order valence-electron chi connectivity index (χ4n) is 3.83. The van der Waals surface area contributed by atoms with E-state index in [-0.39, 0.29) is 5.56 Å². The maximum atomic E-state index is 13.3. The van der Waals surface area contributed by atoms with Gasteiger partial charge < -0.3 is 9.55 Å². The Kier molecular flexibility index (Phi) is 4.69. The third-order valence-electron chi connectivity index (χ3n) is 5.17. The summed E-state index contributed by atoms with van der Waals surface area (Å²) in [5.74, 6) is 0.626. The summed E-state index contributed by atoms with van der Waals surface area (Å²) < 4.78 is 2.00. The number of benzene rings is 3. The minimum absolute atomic E-state index is 0.177. The maximum Gasteiger partial charge on any atom is 0.260 e. The van der Waals surface area contributed by atoms with Gasteiger partial charge in [0.15, 0.2) is 0 Å². The molecule has 146 valence electrons. The Labute approximate surface area is 178 Å². The number of rotatable bonds is 4. The molecule has 1 N–H and O–H groups in total. The predicted molar refractivity (Wildman–Crippen MR) is 122 cm³/mol. The normalized spacial score (nSPS) is 11.1. The van der Waals surface area contributed by atoms with Crippen LogP contribution in [0.1, 0.15) is 5.56 Å². The standard InChI is InChI=1S/C25H18ClN3O/c26-19-11-12-21-20(15-19)22(18-9-5-2-6-10-18)23(25(30)28-21)24-27-13-14-29(24)16-17-7-3-1-4-8-17/h1-15H,16H2,(H,28,30). The van der Waals surface area contributed by atoms with E-state index >= 15 is 0 Å². The number of nitrogens with one attached hydrogen (secondary N) is 1. The van der Waals surface area contributed by atoms with Gasteiger partial charge in [0, 0.05) is 40.4 Å². The zero-order chi connectivity index (χ0) is 20.5. The van der Waals surface area contributed by atoms with Crippen molar-refractivity contribution in [1.82, 2.24) is 14.5 Å². The van der Waals surface area contributed by atoms with Crippen LogP contribution in [0.2, 0.25) is 5.02 Å². The van der Waals surface area contributed by atoms with E-state index in [1.54, 1.807) is 12.3 Å². The lowest BCUT2D eigenvalue weighted by Crippen LogP contribution is -2.14. The number of aromatic nitrogens is 3. The van der Waals surface area contributed by atoms with Gasteiger partial charge in [-0.3, -0.25) is 4.79 Å². The summed E-state index contributed by atoms with van der Waals surface area (Å²) >= 11 is 6.32. The first-order valence-corrected chi connectivity index (χ1v) is 10.0. The maximum absolute atomic E-state index is 13.3. The highest BCUT2D eigenvalue weighted by Gasteiger charge is 2.20. The Hall–Kier alpha value is -3.63. The molecule has 5 heteroatoms. The predicted octanol–water partition coefficient (Wildman–Crippen LogP) is 5.76.